The first-order chi connectivity index (χ1) is 9.12. The van der Waals surface area contributed by atoms with Crippen LogP contribution in [0.25, 0.3) is 0 Å². The van der Waals surface area contributed by atoms with Crippen molar-refractivity contribution in [3.63, 3.8) is 0 Å². The van der Waals surface area contributed by atoms with E-state index in [0.29, 0.717) is 0 Å². The lowest BCUT2D eigenvalue weighted by Crippen LogP contribution is -2.56. The van der Waals surface area contributed by atoms with Crippen molar-refractivity contribution in [2.75, 3.05) is 46.4 Å². The molecule has 2 fully saturated rings. The largest absolute Gasteiger partial charge is 0.379 e. The molecule has 1 saturated carbocycles. The van der Waals surface area contributed by atoms with Crippen LogP contribution >= 0.6 is 0 Å². The SMILES string of the molecule is CN=C(NCC1CC1)NCC(C)(C)N1CCOCC1. The van der Waals surface area contributed by atoms with Crippen molar-refractivity contribution < 1.29 is 4.74 Å². The molecular formula is C14H28N4O. The molecule has 2 aliphatic rings. The Kier molecular flexibility index (Phi) is 5.05. The Morgan fingerprint density at radius 1 is 1.26 bits per heavy atom. The van der Waals surface area contributed by atoms with Crippen LogP contribution in [0, 0.1) is 5.92 Å². The molecule has 1 saturated heterocycles. The molecule has 1 heterocycles. The molecule has 5 heteroatoms. The van der Waals surface area contributed by atoms with Crippen LogP contribution in [0.15, 0.2) is 4.99 Å². The number of hydrogen-bond acceptors (Lipinski definition) is 3. The molecule has 0 aromatic rings. The van der Waals surface area contributed by atoms with Gasteiger partial charge in [-0.15, -0.1) is 0 Å². The van der Waals surface area contributed by atoms with Crippen molar-refractivity contribution in [2.45, 2.75) is 32.2 Å². The highest BCUT2D eigenvalue weighted by Gasteiger charge is 2.28. The number of morpholine rings is 1. The number of hydrogen-bond donors (Lipinski definition) is 2. The van der Waals surface area contributed by atoms with Crippen LogP contribution in [0.4, 0.5) is 0 Å². The van der Waals surface area contributed by atoms with Gasteiger partial charge >= 0.3 is 0 Å². The van der Waals surface area contributed by atoms with E-state index >= 15 is 0 Å². The van der Waals surface area contributed by atoms with Gasteiger partial charge in [-0.05, 0) is 32.6 Å². The second-order valence-electron chi connectivity index (χ2n) is 6.16. The number of guanidine groups is 1. The lowest BCUT2D eigenvalue weighted by molar-refractivity contribution is -0.00834. The van der Waals surface area contributed by atoms with Gasteiger partial charge in [0, 0.05) is 38.8 Å². The molecule has 19 heavy (non-hydrogen) atoms. The lowest BCUT2D eigenvalue weighted by atomic mass is 10.0. The topological polar surface area (TPSA) is 48.9 Å². The second-order valence-corrected chi connectivity index (χ2v) is 6.16. The van der Waals surface area contributed by atoms with Gasteiger partial charge in [-0.3, -0.25) is 9.89 Å². The van der Waals surface area contributed by atoms with Crippen LogP contribution in [-0.4, -0.2) is 62.8 Å². The van der Waals surface area contributed by atoms with Crippen molar-refractivity contribution in [2.24, 2.45) is 10.9 Å². The number of rotatable bonds is 5. The minimum Gasteiger partial charge on any atom is -0.379 e. The van der Waals surface area contributed by atoms with Gasteiger partial charge in [-0.25, -0.2) is 0 Å². The molecule has 0 unspecified atom stereocenters. The maximum absolute atomic E-state index is 5.42. The highest BCUT2D eigenvalue weighted by Crippen LogP contribution is 2.27. The van der Waals surface area contributed by atoms with Crippen LogP contribution in [-0.2, 0) is 4.74 Å². The summed E-state index contributed by atoms with van der Waals surface area (Å²) in [5.74, 6) is 1.79. The highest BCUT2D eigenvalue weighted by atomic mass is 16.5. The molecule has 0 aromatic carbocycles. The minimum atomic E-state index is 0.126. The van der Waals surface area contributed by atoms with Gasteiger partial charge in [0.2, 0.25) is 0 Å². The van der Waals surface area contributed by atoms with Crippen molar-refractivity contribution in [3.05, 3.63) is 0 Å². The third kappa shape index (κ3) is 4.66. The van der Waals surface area contributed by atoms with Crippen molar-refractivity contribution in [1.82, 2.24) is 15.5 Å². The molecule has 1 aliphatic carbocycles. The molecule has 0 bridgehead atoms. The summed E-state index contributed by atoms with van der Waals surface area (Å²) in [4.78, 5) is 6.77. The molecule has 0 radical (unpaired) electrons. The van der Waals surface area contributed by atoms with Gasteiger partial charge in [0.1, 0.15) is 0 Å². The summed E-state index contributed by atoms with van der Waals surface area (Å²) in [6.07, 6.45) is 2.73. The predicted octanol–water partition coefficient (Wildman–Crippen LogP) is 0.672. The first-order valence-electron chi connectivity index (χ1n) is 7.39. The molecule has 5 nitrogen and oxygen atoms in total. The molecule has 110 valence electrons. The van der Waals surface area contributed by atoms with Crippen molar-refractivity contribution in [1.29, 1.82) is 0 Å². The van der Waals surface area contributed by atoms with Gasteiger partial charge in [-0.1, -0.05) is 0 Å². The lowest BCUT2D eigenvalue weighted by Gasteiger charge is -2.41. The van der Waals surface area contributed by atoms with E-state index in [0.717, 1.165) is 51.3 Å². The van der Waals surface area contributed by atoms with Crippen LogP contribution in [0.2, 0.25) is 0 Å². The summed E-state index contributed by atoms with van der Waals surface area (Å²) in [6.45, 7) is 10.2. The van der Waals surface area contributed by atoms with E-state index in [1.165, 1.54) is 12.8 Å². The predicted molar refractivity (Wildman–Crippen MR) is 78.6 cm³/mol. The Morgan fingerprint density at radius 2 is 1.95 bits per heavy atom. The summed E-state index contributed by atoms with van der Waals surface area (Å²) in [5.41, 5.74) is 0.126. The zero-order chi connectivity index (χ0) is 13.7. The fourth-order valence-electron chi connectivity index (χ4n) is 2.36. The zero-order valence-electron chi connectivity index (χ0n) is 12.5. The number of nitrogens with zero attached hydrogens (tertiary/aromatic N) is 2. The van der Waals surface area contributed by atoms with Gasteiger partial charge in [-0.2, -0.15) is 0 Å². The molecule has 1 aliphatic heterocycles. The number of ether oxygens (including phenoxy) is 1. The first kappa shape index (κ1) is 14.6. The van der Waals surface area contributed by atoms with Crippen LogP contribution < -0.4 is 10.6 Å². The van der Waals surface area contributed by atoms with Gasteiger partial charge < -0.3 is 15.4 Å². The molecule has 0 atom stereocenters. The zero-order valence-corrected chi connectivity index (χ0v) is 12.5. The molecule has 2 rings (SSSR count). The number of nitrogens with one attached hydrogen (secondary N) is 2. The Labute approximate surface area is 116 Å². The van der Waals surface area contributed by atoms with Crippen molar-refractivity contribution in [3.8, 4) is 0 Å². The smallest absolute Gasteiger partial charge is 0.191 e. The summed E-state index contributed by atoms with van der Waals surface area (Å²) in [6, 6.07) is 0. The van der Waals surface area contributed by atoms with Crippen LogP contribution in [0.3, 0.4) is 0 Å². The average molecular weight is 268 g/mol. The average Bonchev–Trinajstić information content (AvgIpc) is 3.24. The fraction of sp³-hybridized carbons (Fsp3) is 0.929. The minimum absolute atomic E-state index is 0.126. The Hall–Kier alpha value is -0.810. The van der Waals surface area contributed by atoms with E-state index in [-0.39, 0.29) is 5.54 Å². The van der Waals surface area contributed by atoms with E-state index in [1.807, 2.05) is 7.05 Å². The summed E-state index contributed by atoms with van der Waals surface area (Å²) < 4.78 is 5.42. The summed E-state index contributed by atoms with van der Waals surface area (Å²) >= 11 is 0. The van der Waals surface area contributed by atoms with Gasteiger partial charge in [0.25, 0.3) is 0 Å². The van der Waals surface area contributed by atoms with E-state index < -0.39 is 0 Å². The Balaban J connectivity index is 1.74. The monoisotopic (exact) mass is 268 g/mol. The third-order valence-electron chi connectivity index (χ3n) is 4.03. The van der Waals surface area contributed by atoms with E-state index in [9.17, 15) is 0 Å². The normalized spacial score (nSPS) is 22.4. The molecule has 0 aromatic heterocycles. The molecule has 0 spiro atoms. The first-order valence-corrected chi connectivity index (χ1v) is 7.39. The van der Waals surface area contributed by atoms with E-state index in [2.05, 4.69) is 34.4 Å². The quantitative estimate of drug-likeness (QED) is 0.568. The fourth-order valence-corrected chi connectivity index (χ4v) is 2.36. The number of aliphatic imine (C=N–C) groups is 1. The highest BCUT2D eigenvalue weighted by molar-refractivity contribution is 5.79. The van der Waals surface area contributed by atoms with E-state index in [4.69, 9.17) is 4.74 Å². The molecule has 2 N–H and O–H groups in total. The Morgan fingerprint density at radius 3 is 2.53 bits per heavy atom. The third-order valence-corrected chi connectivity index (χ3v) is 4.03. The molecular weight excluding hydrogens is 240 g/mol. The van der Waals surface area contributed by atoms with Gasteiger partial charge in [0.05, 0.1) is 13.2 Å². The van der Waals surface area contributed by atoms with Crippen LogP contribution in [0.1, 0.15) is 26.7 Å². The standard InChI is InChI=1S/C14H28N4O/c1-14(2,18-6-8-19-9-7-18)11-17-13(15-3)16-10-12-4-5-12/h12H,4-11H2,1-3H3,(H2,15,16,17). The van der Waals surface area contributed by atoms with E-state index in [1.54, 1.807) is 0 Å². The Bertz CT molecular complexity index is 307. The van der Waals surface area contributed by atoms with Gasteiger partial charge in [0.15, 0.2) is 5.96 Å². The second kappa shape index (κ2) is 6.57. The summed E-state index contributed by atoms with van der Waals surface area (Å²) in [5, 5.41) is 6.85. The van der Waals surface area contributed by atoms with Crippen molar-refractivity contribution >= 4 is 5.96 Å². The molecule has 0 amide bonds. The summed E-state index contributed by atoms with van der Waals surface area (Å²) in [7, 11) is 1.84. The van der Waals surface area contributed by atoms with Crippen LogP contribution in [0.5, 0.6) is 0 Å². The maximum Gasteiger partial charge on any atom is 0.191 e. The maximum atomic E-state index is 5.42.